The third-order valence-corrected chi connectivity index (χ3v) is 6.20. The van der Waals surface area contributed by atoms with E-state index in [1.54, 1.807) is 0 Å². The van der Waals surface area contributed by atoms with Crippen LogP contribution in [0, 0.1) is 0 Å². The Balaban J connectivity index is 1.65. The molecule has 0 radical (unpaired) electrons. The predicted molar refractivity (Wildman–Crippen MR) is 110 cm³/mol. The molecule has 13 nitrogen and oxygen atoms in total. The zero-order valence-electron chi connectivity index (χ0n) is 16.8. The van der Waals surface area contributed by atoms with Gasteiger partial charge in [-0.25, -0.2) is 15.0 Å². The molecule has 4 rings (SSSR count). The molecule has 5 atom stereocenters. The van der Waals surface area contributed by atoms with Crippen LogP contribution >= 0.6 is 0 Å². The van der Waals surface area contributed by atoms with Crippen molar-refractivity contribution < 1.29 is 33.0 Å². The average Bonchev–Trinajstić information content (AvgIpc) is 3.33. The first-order valence-corrected chi connectivity index (χ1v) is 10.9. The molecule has 1 fully saturated rings. The fourth-order valence-corrected chi connectivity index (χ4v) is 3.97. The van der Waals surface area contributed by atoms with Gasteiger partial charge in [0, 0.05) is 7.05 Å². The van der Waals surface area contributed by atoms with Crippen molar-refractivity contribution in [3.8, 4) is 0 Å². The summed E-state index contributed by atoms with van der Waals surface area (Å²) in [7, 11) is -3.67. The second-order valence-electron chi connectivity index (χ2n) is 7.23. The number of aliphatic hydroxyl groups is 3. The fraction of sp³-hybridized carbons (Fsp3) is 0.389. The van der Waals surface area contributed by atoms with Gasteiger partial charge in [0.05, 0.1) is 19.0 Å². The summed E-state index contributed by atoms with van der Waals surface area (Å²) >= 11 is 0. The summed E-state index contributed by atoms with van der Waals surface area (Å²) in [5.41, 5.74) is 1.37. The monoisotopic (exact) mass is 466 g/mol. The second-order valence-corrected chi connectivity index (χ2v) is 8.70. The Hall–Kier alpha value is -2.72. The number of hydrogen-bond acceptors (Lipinski definition) is 10. The largest absolute Gasteiger partial charge is 0.394 e. The Labute approximate surface area is 182 Å². The van der Waals surface area contributed by atoms with Crippen molar-refractivity contribution >= 4 is 27.3 Å². The van der Waals surface area contributed by atoms with Crippen LogP contribution in [0.1, 0.15) is 17.8 Å². The van der Waals surface area contributed by atoms with Gasteiger partial charge >= 0.3 is 10.3 Å². The predicted octanol–water partition coefficient (Wildman–Crippen LogP) is -0.717. The number of hydrogen-bond donors (Lipinski definition) is 5. The normalized spacial score (nSPS) is 24.8. The number of nitrogens with zero attached hydrogens (tertiary/aromatic N) is 5. The molecular formula is C18H22N6O7S. The lowest BCUT2D eigenvalue weighted by Crippen LogP contribution is -2.44. The van der Waals surface area contributed by atoms with Crippen LogP contribution in [0.25, 0.3) is 11.2 Å². The van der Waals surface area contributed by atoms with Crippen molar-refractivity contribution in [3.63, 3.8) is 0 Å². The number of ether oxygens (including phenoxy) is 1. The van der Waals surface area contributed by atoms with Crippen LogP contribution in [0.5, 0.6) is 0 Å². The van der Waals surface area contributed by atoms with E-state index in [1.165, 1.54) is 17.2 Å². The van der Waals surface area contributed by atoms with Crippen molar-refractivity contribution in [2.24, 2.45) is 0 Å². The molecule has 32 heavy (non-hydrogen) atoms. The van der Waals surface area contributed by atoms with E-state index in [1.807, 2.05) is 30.3 Å². The molecule has 1 aliphatic rings. The Morgan fingerprint density at radius 1 is 1.19 bits per heavy atom. The third kappa shape index (κ3) is 4.04. The molecule has 1 saturated heterocycles. The Morgan fingerprint density at radius 2 is 1.91 bits per heavy atom. The van der Waals surface area contributed by atoms with E-state index in [4.69, 9.17) is 4.74 Å². The second kappa shape index (κ2) is 8.67. The van der Waals surface area contributed by atoms with Crippen LogP contribution in [0.15, 0.2) is 43.0 Å². The smallest absolute Gasteiger partial charge is 0.337 e. The van der Waals surface area contributed by atoms with Gasteiger partial charge in [0.15, 0.2) is 29.4 Å². The van der Waals surface area contributed by atoms with Gasteiger partial charge in [0.2, 0.25) is 0 Å². The molecule has 1 aromatic carbocycles. The average molecular weight is 466 g/mol. The van der Waals surface area contributed by atoms with E-state index in [9.17, 15) is 28.3 Å². The number of imidazole rings is 1. The van der Waals surface area contributed by atoms with E-state index < -0.39 is 41.0 Å². The minimum absolute atomic E-state index is 0.212. The summed E-state index contributed by atoms with van der Waals surface area (Å²) in [5, 5.41) is 33.6. The lowest BCUT2D eigenvalue weighted by molar-refractivity contribution is -0.0723. The number of fused-ring (bicyclic) bond motifs is 1. The van der Waals surface area contributed by atoms with Gasteiger partial charge in [0.1, 0.15) is 18.5 Å². The molecule has 1 aliphatic heterocycles. The van der Waals surface area contributed by atoms with Crippen molar-refractivity contribution in [2.75, 3.05) is 19.0 Å². The molecule has 0 aliphatic carbocycles. The van der Waals surface area contributed by atoms with E-state index in [2.05, 4.69) is 20.3 Å². The Morgan fingerprint density at radius 3 is 2.56 bits per heavy atom. The van der Waals surface area contributed by atoms with E-state index in [0.717, 1.165) is 12.6 Å². The maximum absolute atomic E-state index is 11.4. The summed E-state index contributed by atoms with van der Waals surface area (Å²) in [6.45, 7) is -0.212. The van der Waals surface area contributed by atoms with E-state index >= 15 is 0 Å². The zero-order chi connectivity index (χ0) is 23.0. The number of nitrogens with one attached hydrogen (secondary N) is 1. The molecule has 0 unspecified atom stereocenters. The Bertz CT molecular complexity index is 1190. The molecule has 0 amide bonds. The van der Waals surface area contributed by atoms with Gasteiger partial charge in [0.25, 0.3) is 0 Å². The third-order valence-electron chi connectivity index (χ3n) is 5.26. The highest BCUT2D eigenvalue weighted by molar-refractivity contribution is 7.83. The molecule has 172 valence electrons. The molecule has 5 N–H and O–H groups in total. The summed E-state index contributed by atoms with van der Waals surface area (Å²) in [6.07, 6.45) is -3.39. The van der Waals surface area contributed by atoms with Gasteiger partial charge in [-0.3, -0.25) is 9.12 Å². The van der Waals surface area contributed by atoms with Crippen molar-refractivity contribution in [1.82, 2.24) is 23.8 Å². The molecule has 3 heterocycles. The highest BCUT2D eigenvalue weighted by atomic mass is 32.2. The molecule has 0 bridgehead atoms. The van der Waals surface area contributed by atoms with Crippen LogP contribution in [0.3, 0.4) is 0 Å². The molecule has 0 spiro atoms. The minimum atomic E-state index is -4.67. The number of likely N-dealkylation sites (N-methyl/N-ethyl adjacent to an activating group) is 1. The van der Waals surface area contributed by atoms with Crippen molar-refractivity contribution in [3.05, 3.63) is 48.5 Å². The van der Waals surface area contributed by atoms with Gasteiger partial charge in [-0.15, -0.1) is 0 Å². The van der Waals surface area contributed by atoms with Crippen LogP contribution < -0.4 is 5.32 Å². The molecule has 0 saturated carbocycles. The van der Waals surface area contributed by atoms with Gasteiger partial charge in [-0.1, -0.05) is 30.3 Å². The number of rotatable bonds is 7. The SMILES string of the molecule is CN([C@@H]1O[C@@H](n2cnc3c(N[C@@H](CO)c4ccccc4)ncnc32)[C@H](O)[C@@H]1O)S(=O)(=O)O. The fourth-order valence-electron chi connectivity index (χ4n) is 3.53. The highest BCUT2D eigenvalue weighted by Gasteiger charge is 2.48. The van der Waals surface area contributed by atoms with Gasteiger partial charge in [-0.2, -0.15) is 12.7 Å². The lowest BCUT2D eigenvalue weighted by atomic mass is 10.1. The number of benzene rings is 1. The van der Waals surface area contributed by atoms with Gasteiger partial charge < -0.3 is 25.4 Å². The summed E-state index contributed by atoms with van der Waals surface area (Å²) in [6, 6.07) is 8.77. The number of aliphatic hydroxyl groups excluding tert-OH is 3. The number of anilines is 1. The Kier molecular flexibility index (Phi) is 6.09. The topological polar surface area (TPSA) is 183 Å². The van der Waals surface area contributed by atoms with Crippen LogP contribution in [0.2, 0.25) is 0 Å². The van der Waals surface area contributed by atoms with E-state index in [-0.39, 0.29) is 12.3 Å². The quantitative estimate of drug-likeness (QED) is 0.277. The van der Waals surface area contributed by atoms with Gasteiger partial charge in [-0.05, 0) is 5.56 Å². The maximum atomic E-state index is 11.4. The molecule has 14 heteroatoms. The summed E-state index contributed by atoms with van der Waals surface area (Å²) in [4.78, 5) is 12.6. The number of aromatic nitrogens is 4. The minimum Gasteiger partial charge on any atom is -0.394 e. The molecule has 2 aromatic heterocycles. The maximum Gasteiger partial charge on any atom is 0.337 e. The van der Waals surface area contributed by atoms with Crippen LogP contribution in [-0.4, -0.2) is 84.2 Å². The molecular weight excluding hydrogens is 444 g/mol. The van der Waals surface area contributed by atoms with Crippen molar-refractivity contribution in [1.29, 1.82) is 0 Å². The molecule has 3 aromatic rings. The van der Waals surface area contributed by atoms with Crippen LogP contribution in [-0.2, 0) is 15.0 Å². The summed E-state index contributed by atoms with van der Waals surface area (Å²) in [5.74, 6) is 0.316. The van der Waals surface area contributed by atoms with Crippen LogP contribution in [0.4, 0.5) is 5.82 Å². The summed E-state index contributed by atoms with van der Waals surface area (Å²) < 4.78 is 39.3. The standard InChI is InChI=1S/C18H22N6O7S/c1-23(32(28,29)30)17-13(26)14(27)18(31-17)24-9-21-12-15(19-8-20-16(12)24)22-11(7-25)10-5-3-2-4-6-10/h2-6,8-9,11,13-14,17-18,25-27H,7H2,1H3,(H,19,20,22)(H,28,29,30)/t11-,13-,14+,17+,18+/m0/s1. The lowest BCUT2D eigenvalue weighted by Gasteiger charge is -2.22. The van der Waals surface area contributed by atoms with Crippen molar-refractivity contribution in [2.45, 2.75) is 30.7 Å². The first-order chi connectivity index (χ1) is 15.2. The van der Waals surface area contributed by atoms with E-state index in [0.29, 0.717) is 15.6 Å². The highest BCUT2D eigenvalue weighted by Crippen LogP contribution is 2.34. The first kappa shape index (κ1) is 22.5. The first-order valence-electron chi connectivity index (χ1n) is 9.54. The zero-order valence-corrected chi connectivity index (χ0v) is 17.6.